The van der Waals surface area contributed by atoms with Gasteiger partial charge in [0.25, 0.3) is 5.91 Å². The van der Waals surface area contributed by atoms with Gasteiger partial charge in [0.05, 0.1) is 25.9 Å². The zero-order valence-corrected chi connectivity index (χ0v) is 9.02. The van der Waals surface area contributed by atoms with Crippen LogP contribution in [0.4, 0.5) is 0 Å². The molecule has 1 amide bonds. The van der Waals surface area contributed by atoms with Gasteiger partial charge < -0.3 is 14.4 Å². The van der Waals surface area contributed by atoms with Gasteiger partial charge in [0.1, 0.15) is 6.04 Å². The predicted molar refractivity (Wildman–Crippen MR) is 55.2 cm³/mol. The van der Waals surface area contributed by atoms with E-state index in [0.29, 0.717) is 25.5 Å². The minimum Gasteiger partial charge on any atom is -0.488 e. The summed E-state index contributed by atoms with van der Waals surface area (Å²) >= 11 is 0. The number of amides is 1. The number of nitriles is 1. The van der Waals surface area contributed by atoms with Gasteiger partial charge in [-0.15, -0.1) is 0 Å². The van der Waals surface area contributed by atoms with Crippen molar-refractivity contribution >= 4 is 5.91 Å². The van der Waals surface area contributed by atoms with Gasteiger partial charge in [0, 0.05) is 6.54 Å². The summed E-state index contributed by atoms with van der Waals surface area (Å²) in [6, 6.07) is 1.58. The van der Waals surface area contributed by atoms with Crippen molar-refractivity contribution in [1.82, 2.24) is 4.90 Å². The lowest BCUT2D eigenvalue weighted by atomic mass is 10.2. The average Bonchev–Trinajstić information content (AvgIpc) is 2.39. The molecular weight excluding hydrogens is 208 g/mol. The quantitative estimate of drug-likeness (QED) is 0.645. The van der Waals surface area contributed by atoms with Crippen molar-refractivity contribution in [2.45, 2.75) is 18.9 Å². The Labute approximate surface area is 94.2 Å². The van der Waals surface area contributed by atoms with Crippen LogP contribution in [0, 0.1) is 11.3 Å². The smallest absolute Gasteiger partial charge is 0.289 e. The Morgan fingerprint density at radius 3 is 3.12 bits per heavy atom. The van der Waals surface area contributed by atoms with Crippen molar-refractivity contribution in [2.24, 2.45) is 0 Å². The van der Waals surface area contributed by atoms with E-state index in [1.54, 1.807) is 6.08 Å². The SMILES string of the molecule is N#CC1COCCN1C(=O)C1=CCCCO1. The number of ether oxygens (including phenoxy) is 2. The number of carbonyl (C=O) groups is 1. The molecule has 0 bridgehead atoms. The van der Waals surface area contributed by atoms with E-state index in [-0.39, 0.29) is 12.5 Å². The van der Waals surface area contributed by atoms with Crippen LogP contribution in [-0.4, -0.2) is 43.2 Å². The van der Waals surface area contributed by atoms with Gasteiger partial charge in [0.15, 0.2) is 5.76 Å². The van der Waals surface area contributed by atoms with Crippen molar-refractivity contribution in [3.05, 3.63) is 11.8 Å². The number of carbonyl (C=O) groups excluding carboxylic acids is 1. The summed E-state index contributed by atoms with van der Waals surface area (Å²) in [6.07, 6.45) is 3.61. The molecule has 2 aliphatic heterocycles. The molecule has 0 aromatic carbocycles. The Bertz CT molecular complexity index is 346. The maximum absolute atomic E-state index is 12.0. The first-order chi connectivity index (χ1) is 7.83. The van der Waals surface area contributed by atoms with Crippen LogP contribution in [0.3, 0.4) is 0 Å². The van der Waals surface area contributed by atoms with Crippen LogP contribution in [-0.2, 0) is 14.3 Å². The lowest BCUT2D eigenvalue weighted by molar-refractivity contribution is -0.137. The van der Waals surface area contributed by atoms with E-state index < -0.39 is 6.04 Å². The monoisotopic (exact) mass is 222 g/mol. The van der Waals surface area contributed by atoms with Crippen molar-refractivity contribution in [1.29, 1.82) is 5.26 Å². The highest BCUT2D eigenvalue weighted by Gasteiger charge is 2.30. The molecule has 0 N–H and O–H groups in total. The fraction of sp³-hybridized carbons (Fsp3) is 0.636. The van der Waals surface area contributed by atoms with Crippen LogP contribution in [0.5, 0.6) is 0 Å². The molecule has 0 saturated carbocycles. The molecule has 0 radical (unpaired) electrons. The van der Waals surface area contributed by atoms with Crippen LogP contribution >= 0.6 is 0 Å². The average molecular weight is 222 g/mol. The molecule has 0 aromatic heterocycles. The zero-order valence-electron chi connectivity index (χ0n) is 9.02. The maximum atomic E-state index is 12.0. The van der Waals surface area contributed by atoms with Gasteiger partial charge in [-0.1, -0.05) is 0 Å². The summed E-state index contributed by atoms with van der Waals surface area (Å²) in [6.45, 7) is 1.81. The molecule has 5 heteroatoms. The Kier molecular flexibility index (Phi) is 3.42. The molecule has 1 saturated heterocycles. The number of hydrogen-bond acceptors (Lipinski definition) is 4. The van der Waals surface area contributed by atoms with E-state index in [4.69, 9.17) is 14.7 Å². The molecule has 2 heterocycles. The van der Waals surface area contributed by atoms with Crippen LogP contribution in [0.15, 0.2) is 11.8 Å². The van der Waals surface area contributed by atoms with E-state index in [2.05, 4.69) is 6.07 Å². The molecule has 1 atom stereocenters. The number of rotatable bonds is 1. The van der Waals surface area contributed by atoms with Crippen molar-refractivity contribution in [2.75, 3.05) is 26.4 Å². The molecule has 5 nitrogen and oxygen atoms in total. The lowest BCUT2D eigenvalue weighted by Gasteiger charge is -2.32. The summed E-state index contributed by atoms with van der Waals surface area (Å²) in [5.41, 5.74) is 0. The maximum Gasteiger partial charge on any atom is 0.289 e. The van der Waals surface area contributed by atoms with Crippen LogP contribution in [0.1, 0.15) is 12.8 Å². The van der Waals surface area contributed by atoms with Gasteiger partial charge in [-0.25, -0.2) is 0 Å². The Morgan fingerprint density at radius 2 is 2.44 bits per heavy atom. The van der Waals surface area contributed by atoms with Gasteiger partial charge in [0.2, 0.25) is 0 Å². The third-order valence-electron chi connectivity index (χ3n) is 2.68. The second kappa shape index (κ2) is 4.99. The summed E-state index contributed by atoms with van der Waals surface area (Å²) in [4.78, 5) is 13.6. The molecule has 0 aliphatic carbocycles. The molecule has 2 aliphatic rings. The van der Waals surface area contributed by atoms with Crippen molar-refractivity contribution in [3.8, 4) is 6.07 Å². The number of nitrogens with zero attached hydrogens (tertiary/aromatic N) is 2. The Balaban J connectivity index is 2.07. The van der Waals surface area contributed by atoms with Gasteiger partial charge >= 0.3 is 0 Å². The topological polar surface area (TPSA) is 62.6 Å². The minimum absolute atomic E-state index is 0.186. The highest BCUT2D eigenvalue weighted by Crippen LogP contribution is 2.16. The molecule has 0 aromatic rings. The first-order valence-electron chi connectivity index (χ1n) is 5.44. The molecular formula is C11H14N2O3. The standard InChI is InChI=1S/C11H14N2O3/c12-7-9-8-15-6-4-13(9)11(14)10-3-1-2-5-16-10/h3,9H,1-2,4-6,8H2. The van der Waals surface area contributed by atoms with Crippen LogP contribution in [0.25, 0.3) is 0 Å². The predicted octanol–water partition coefficient (Wildman–Crippen LogP) is 0.432. The number of allylic oxidation sites excluding steroid dienone is 1. The first-order valence-corrected chi connectivity index (χ1v) is 5.44. The van der Waals surface area contributed by atoms with E-state index >= 15 is 0 Å². The Hall–Kier alpha value is -1.54. The number of morpholine rings is 1. The highest BCUT2D eigenvalue weighted by molar-refractivity contribution is 5.92. The van der Waals surface area contributed by atoms with E-state index in [0.717, 1.165) is 12.8 Å². The molecule has 2 rings (SSSR count). The third kappa shape index (κ3) is 2.17. The Morgan fingerprint density at radius 1 is 1.56 bits per heavy atom. The summed E-state index contributed by atoms with van der Waals surface area (Å²) in [7, 11) is 0. The molecule has 86 valence electrons. The molecule has 1 unspecified atom stereocenters. The zero-order chi connectivity index (χ0) is 11.4. The largest absolute Gasteiger partial charge is 0.488 e. The summed E-state index contributed by atoms with van der Waals surface area (Å²) in [5, 5.41) is 8.92. The van der Waals surface area contributed by atoms with Crippen LogP contribution < -0.4 is 0 Å². The minimum atomic E-state index is -0.493. The number of hydrogen-bond donors (Lipinski definition) is 0. The first kappa shape index (κ1) is 11.0. The van der Waals surface area contributed by atoms with Gasteiger partial charge in [-0.3, -0.25) is 4.79 Å². The second-order valence-corrected chi connectivity index (χ2v) is 3.78. The molecule has 1 fully saturated rings. The van der Waals surface area contributed by atoms with Gasteiger partial charge in [-0.2, -0.15) is 5.26 Å². The van der Waals surface area contributed by atoms with E-state index in [9.17, 15) is 4.79 Å². The fourth-order valence-corrected chi connectivity index (χ4v) is 1.80. The summed E-state index contributed by atoms with van der Waals surface area (Å²) in [5.74, 6) is 0.197. The summed E-state index contributed by atoms with van der Waals surface area (Å²) < 4.78 is 10.5. The normalized spacial score (nSPS) is 25.3. The molecule has 16 heavy (non-hydrogen) atoms. The highest BCUT2D eigenvalue weighted by atomic mass is 16.5. The van der Waals surface area contributed by atoms with Gasteiger partial charge in [-0.05, 0) is 18.9 Å². The third-order valence-corrected chi connectivity index (χ3v) is 2.68. The fourth-order valence-electron chi connectivity index (χ4n) is 1.80. The lowest BCUT2D eigenvalue weighted by Crippen LogP contribution is -2.48. The van der Waals surface area contributed by atoms with E-state index in [1.165, 1.54) is 4.90 Å². The van der Waals surface area contributed by atoms with E-state index in [1.807, 2.05) is 0 Å². The molecule has 0 spiro atoms. The van der Waals surface area contributed by atoms with Crippen molar-refractivity contribution in [3.63, 3.8) is 0 Å². The second-order valence-electron chi connectivity index (χ2n) is 3.78. The van der Waals surface area contributed by atoms with Crippen LogP contribution in [0.2, 0.25) is 0 Å². The van der Waals surface area contributed by atoms with Crippen molar-refractivity contribution < 1.29 is 14.3 Å².